The van der Waals surface area contributed by atoms with Gasteiger partial charge in [0.2, 0.25) is 5.79 Å². The van der Waals surface area contributed by atoms with E-state index in [2.05, 4.69) is 13.5 Å². The Labute approximate surface area is 345 Å². The van der Waals surface area contributed by atoms with E-state index in [1.165, 1.54) is 4.90 Å². The molecule has 3 fully saturated rings. The Kier molecular flexibility index (Phi) is 17.9. The van der Waals surface area contributed by atoms with Crippen LogP contribution in [-0.4, -0.2) is 125 Å². The summed E-state index contributed by atoms with van der Waals surface area (Å²) in [5, 5.41) is 44.0. The number of cyclic esters (lactones) is 1. The van der Waals surface area contributed by atoms with E-state index in [1.807, 2.05) is 19.1 Å². The number of amides is 1. The van der Waals surface area contributed by atoms with Crippen molar-refractivity contribution in [2.45, 2.75) is 160 Å². The molecule has 2 bridgehead atoms. The molecule has 3 aliphatic heterocycles. The predicted molar refractivity (Wildman–Crippen MR) is 217 cm³/mol. The zero-order valence-corrected chi connectivity index (χ0v) is 35.8. The molecule has 1 amide bonds. The number of piperidine rings is 1. The van der Waals surface area contributed by atoms with E-state index in [1.54, 1.807) is 41.1 Å². The van der Waals surface area contributed by atoms with Gasteiger partial charge in [0.1, 0.15) is 17.9 Å². The second-order valence-electron chi connectivity index (χ2n) is 17.8. The van der Waals surface area contributed by atoms with E-state index < -0.39 is 77.8 Å². The number of allylic oxidation sites excluding steroid dienone is 4. The lowest BCUT2D eigenvalue weighted by atomic mass is 9.78. The molecule has 13 nitrogen and oxygen atoms in total. The third-order valence-electron chi connectivity index (χ3n) is 13.2. The maximum absolute atomic E-state index is 14.3. The first-order valence-corrected chi connectivity index (χ1v) is 21.4. The molecule has 2 saturated heterocycles. The molecular weight excluding hydrogens is 746 g/mol. The molecule has 0 aromatic heterocycles. The fraction of sp³-hybridized carbons (Fsp3) is 0.778. The monoisotopic (exact) mass is 817 g/mol. The first-order chi connectivity index (χ1) is 27.5. The molecule has 4 N–H and O–H groups in total. The van der Waals surface area contributed by atoms with Crippen LogP contribution in [0.15, 0.2) is 36.0 Å². The van der Waals surface area contributed by atoms with Gasteiger partial charge in [0.25, 0.3) is 11.7 Å². The van der Waals surface area contributed by atoms with E-state index in [4.69, 9.17) is 18.9 Å². The molecule has 14 atom stereocenters. The predicted octanol–water partition coefficient (Wildman–Crippen LogP) is 4.62. The van der Waals surface area contributed by atoms with Gasteiger partial charge in [0, 0.05) is 63.9 Å². The minimum Gasteiger partial charge on any atom is -0.456 e. The number of fused-ring (bicyclic) bond motifs is 3. The summed E-state index contributed by atoms with van der Waals surface area (Å²) in [6.45, 7) is 13.0. The second kappa shape index (κ2) is 21.7. The maximum atomic E-state index is 14.3. The van der Waals surface area contributed by atoms with E-state index in [0.29, 0.717) is 56.9 Å². The van der Waals surface area contributed by atoms with Gasteiger partial charge in [-0.3, -0.25) is 14.4 Å². The number of esters is 1. The lowest BCUT2D eigenvalue weighted by Gasteiger charge is -2.45. The van der Waals surface area contributed by atoms with Crippen molar-refractivity contribution in [1.29, 1.82) is 0 Å². The normalized spacial score (nSPS) is 40.7. The number of hydrogen-bond donors (Lipinski definition) is 4. The van der Waals surface area contributed by atoms with Crippen LogP contribution in [0.25, 0.3) is 0 Å². The summed E-state index contributed by atoms with van der Waals surface area (Å²) in [6.07, 6.45) is 6.08. The molecule has 1 saturated carbocycles. The van der Waals surface area contributed by atoms with Gasteiger partial charge in [-0.25, -0.2) is 4.79 Å². The number of carbonyl (C=O) groups excluding carboxylic acids is 4. The topological polar surface area (TPSA) is 189 Å². The average molecular weight is 818 g/mol. The summed E-state index contributed by atoms with van der Waals surface area (Å²) in [5.41, 5.74) is 1.62. The summed E-state index contributed by atoms with van der Waals surface area (Å²) < 4.78 is 24.1. The third kappa shape index (κ3) is 11.7. The number of Topliss-reactive ketones (excluding diaryl/α,β-unsaturated/α-hetero) is 2. The molecule has 0 aromatic carbocycles. The molecular formula is C45H71NO12. The molecule has 3 heterocycles. The number of ketones is 2. The Morgan fingerprint density at radius 2 is 1.71 bits per heavy atom. The first-order valence-electron chi connectivity index (χ1n) is 21.4. The quantitative estimate of drug-likeness (QED) is 0.159. The van der Waals surface area contributed by atoms with E-state index in [-0.39, 0.29) is 68.5 Å². The van der Waals surface area contributed by atoms with Crippen molar-refractivity contribution < 1.29 is 58.6 Å². The standard InChI is InChI=1S/C45H71NO12/c1-9-12-32-18-26(2)17-27(3)19-34(55-7)23-40-39(56-8)21-29(5)45(54,58-40)42(51)43(52)46-16-11-10-13-35(46)44(53)57-41(30(6)37(49)24-38(32)50)28(4)20-31-14-15-36(48)33(22-31)25-47/h9,18,20,27,29-37,39-41,47-49,54H,1,10-17,19,21-25H2,2-8H3/b26-18+,28-20+/t27-,29+,30+,31-,32+,33-,34-,35-,36+,37-,39-,40?,41+,45+/m0/s1. The van der Waals surface area contributed by atoms with Crippen LogP contribution in [0.3, 0.4) is 0 Å². The Morgan fingerprint density at radius 3 is 2.36 bits per heavy atom. The Bertz CT molecular complexity index is 1500. The summed E-state index contributed by atoms with van der Waals surface area (Å²) in [5.74, 6) is -7.96. The molecule has 4 rings (SSSR count). The van der Waals surface area contributed by atoms with Crippen molar-refractivity contribution in [3.05, 3.63) is 36.0 Å². The van der Waals surface area contributed by atoms with Crippen molar-refractivity contribution in [3.63, 3.8) is 0 Å². The fourth-order valence-electron chi connectivity index (χ4n) is 9.69. The highest BCUT2D eigenvalue weighted by Gasteiger charge is 2.55. The molecule has 328 valence electrons. The van der Waals surface area contributed by atoms with Gasteiger partial charge in [0.15, 0.2) is 0 Å². The van der Waals surface area contributed by atoms with Gasteiger partial charge >= 0.3 is 5.97 Å². The molecule has 4 aliphatic rings. The summed E-state index contributed by atoms with van der Waals surface area (Å²) in [4.78, 5) is 57.8. The highest BCUT2D eigenvalue weighted by Crippen LogP contribution is 2.39. The van der Waals surface area contributed by atoms with Gasteiger partial charge in [0.05, 0.1) is 30.5 Å². The number of methoxy groups -OCH3 is 2. The van der Waals surface area contributed by atoms with Crippen LogP contribution in [0, 0.1) is 35.5 Å². The minimum atomic E-state index is -2.48. The largest absolute Gasteiger partial charge is 0.456 e. The van der Waals surface area contributed by atoms with Gasteiger partial charge in [-0.05, 0) is 95.5 Å². The molecule has 1 unspecified atom stereocenters. The molecule has 58 heavy (non-hydrogen) atoms. The summed E-state index contributed by atoms with van der Waals surface area (Å²) in [6, 6.07) is -1.15. The van der Waals surface area contributed by atoms with Crippen molar-refractivity contribution in [2.24, 2.45) is 35.5 Å². The SMILES string of the molecule is C=CC[C@@H]1/C=C(\C)C[C@H](C)C[C@H](OC)CC2O[C@@](O)(C(=O)C(=O)N3CCCC[C@H]3C(=O)O[C@H](/C(C)=C/[C@@H]3CC[C@@H](O)[C@H](CO)C3)[C@H](C)[C@@H](O)CC1=O)[C@H](C)C[C@@H]2OC. The van der Waals surface area contributed by atoms with Crippen LogP contribution in [0.1, 0.15) is 112 Å². The molecule has 0 spiro atoms. The van der Waals surface area contributed by atoms with Crippen LogP contribution in [0.2, 0.25) is 0 Å². The fourth-order valence-corrected chi connectivity index (χ4v) is 9.69. The van der Waals surface area contributed by atoms with Crippen LogP contribution >= 0.6 is 0 Å². The smallest absolute Gasteiger partial charge is 0.329 e. The number of ether oxygens (including phenoxy) is 4. The summed E-state index contributed by atoms with van der Waals surface area (Å²) in [7, 11) is 3.13. The van der Waals surface area contributed by atoms with Crippen LogP contribution in [0.5, 0.6) is 0 Å². The maximum Gasteiger partial charge on any atom is 0.329 e. The number of rotatable bonds is 7. The number of aliphatic hydroxyl groups is 4. The molecule has 0 aromatic rings. The summed E-state index contributed by atoms with van der Waals surface area (Å²) >= 11 is 0. The number of aliphatic hydroxyl groups excluding tert-OH is 3. The number of hydrogen-bond acceptors (Lipinski definition) is 12. The van der Waals surface area contributed by atoms with E-state index in [0.717, 1.165) is 5.57 Å². The molecule has 1 aliphatic carbocycles. The van der Waals surface area contributed by atoms with Crippen molar-refractivity contribution in [1.82, 2.24) is 4.90 Å². The van der Waals surface area contributed by atoms with Crippen molar-refractivity contribution in [3.8, 4) is 0 Å². The third-order valence-corrected chi connectivity index (χ3v) is 13.2. The lowest BCUT2D eigenvalue weighted by Crippen LogP contribution is -2.63. The number of carbonyl (C=O) groups is 4. The van der Waals surface area contributed by atoms with Gasteiger partial charge in [-0.1, -0.05) is 44.6 Å². The minimum absolute atomic E-state index is 0.0450. The highest BCUT2D eigenvalue weighted by molar-refractivity contribution is 6.39. The van der Waals surface area contributed by atoms with Crippen LogP contribution < -0.4 is 0 Å². The van der Waals surface area contributed by atoms with Gasteiger partial charge in [-0.15, -0.1) is 6.58 Å². The zero-order chi connectivity index (χ0) is 42.9. The second-order valence-corrected chi connectivity index (χ2v) is 17.8. The Balaban J connectivity index is 1.76. The van der Waals surface area contributed by atoms with E-state index in [9.17, 15) is 39.6 Å². The van der Waals surface area contributed by atoms with Crippen LogP contribution in [0.4, 0.5) is 0 Å². The zero-order valence-electron chi connectivity index (χ0n) is 35.8. The molecule has 0 radical (unpaired) electrons. The lowest BCUT2D eigenvalue weighted by molar-refractivity contribution is -0.289. The van der Waals surface area contributed by atoms with Gasteiger partial charge in [-0.2, -0.15) is 0 Å². The van der Waals surface area contributed by atoms with E-state index >= 15 is 0 Å². The van der Waals surface area contributed by atoms with Crippen LogP contribution in [-0.2, 0) is 38.1 Å². The van der Waals surface area contributed by atoms with Crippen molar-refractivity contribution >= 4 is 23.4 Å². The average Bonchev–Trinajstić information content (AvgIpc) is 3.19. The first kappa shape index (κ1) is 47.9. The van der Waals surface area contributed by atoms with Gasteiger partial charge < -0.3 is 44.3 Å². The van der Waals surface area contributed by atoms with Crippen molar-refractivity contribution in [2.75, 3.05) is 27.4 Å². The Morgan fingerprint density at radius 1 is 0.983 bits per heavy atom. The molecule has 13 heteroatoms. The number of nitrogens with zero attached hydrogens (tertiary/aromatic N) is 1. The Hall–Kier alpha value is -2.78. The highest BCUT2D eigenvalue weighted by atomic mass is 16.7.